The first-order valence-electron chi connectivity index (χ1n) is 10.0. The second-order valence-electron chi connectivity index (χ2n) is 9.85. The summed E-state index contributed by atoms with van der Waals surface area (Å²) in [6, 6.07) is -0.948. The topological polar surface area (TPSA) is 93.8 Å². The number of aliphatic hydroxyl groups excluding tert-OH is 1. The Labute approximate surface area is 157 Å². The Hall–Kier alpha value is -0.625. The fourth-order valence-electron chi connectivity index (χ4n) is 5.32. The minimum absolute atomic E-state index is 0.0845. The Bertz CT molecular complexity index is 556. The van der Waals surface area contributed by atoms with Gasteiger partial charge in [-0.1, -0.05) is 27.7 Å². The molecule has 4 aliphatic rings. The highest BCUT2D eigenvalue weighted by atomic mass is 16.7. The molecule has 0 aromatic carbocycles. The fourth-order valence-corrected chi connectivity index (χ4v) is 5.32. The van der Waals surface area contributed by atoms with Crippen LogP contribution in [0.3, 0.4) is 0 Å². The molecule has 2 bridgehead atoms. The molecule has 0 aromatic rings. The van der Waals surface area contributed by atoms with Crippen LogP contribution in [0.2, 0.25) is 0 Å². The summed E-state index contributed by atoms with van der Waals surface area (Å²) in [6.45, 7) is 12.6. The number of rotatable bonds is 6. The summed E-state index contributed by atoms with van der Waals surface area (Å²) in [7, 11) is -0.465. The van der Waals surface area contributed by atoms with Gasteiger partial charge in [0, 0.05) is 0 Å². The second-order valence-corrected chi connectivity index (χ2v) is 9.85. The van der Waals surface area contributed by atoms with Crippen molar-refractivity contribution >= 4 is 13.0 Å². The number of hydrogen-bond acceptors (Lipinski definition) is 5. The molecule has 4 rings (SSSR count). The zero-order valence-electron chi connectivity index (χ0n) is 17.0. The van der Waals surface area contributed by atoms with Gasteiger partial charge in [0.1, 0.15) is 6.04 Å². The summed E-state index contributed by atoms with van der Waals surface area (Å²) >= 11 is 0. The van der Waals surface area contributed by atoms with Crippen molar-refractivity contribution < 1.29 is 19.2 Å². The van der Waals surface area contributed by atoms with Crippen molar-refractivity contribution in [2.45, 2.75) is 90.6 Å². The molecule has 7 atom stereocenters. The first-order chi connectivity index (χ1) is 12.0. The fraction of sp³-hybridized carbons (Fsp3) is 0.947. The number of aliphatic hydroxyl groups is 1. The number of carbonyl (C=O) groups excluding carboxylic acids is 1. The van der Waals surface area contributed by atoms with Crippen molar-refractivity contribution in [1.29, 1.82) is 0 Å². The van der Waals surface area contributed by atoms with E-state index in [4.69, 9.17) is 15.0 Å². The Morgan fingerprint density at radius 3 is 2.50 bits per heavy atom. The van der Waals surface area contributed by atoms with E-state index >= 15 is 0 Å². The molecule has 3 saturated carbocycles. The summed E-state index contributed by atoms with van der Waals surface area (Å²) in [4.78, 5) is 12.4. The normalized spacial score (nSPS) is 38.3. The maximum atomic E-state index is 12.4. The van der Waals surface area contributed by atoms with Gasteiger partial charge in [-0.2, -0.15) is 0 Å². The molecule has 0 aromatic heterocycles. The van der Waals surface area contributed by atoms with Gasteiger partial charge < -0.3 is 25.5 Å². The van der Waals surface area contributed by atoms with Crippen LogP contribution in [0.5, 0.6) is 0 Å². The molecule has 0 spiro atoms. The van der Waals surface area contributed by atoms with E-state index in [0.29, 0.717) is 17.8 Å². The number of nitrogens with one attached hydrogen (secondary N) is 1. The van der Waals surface area contributed by atoms with E-state index in [-0.39, 0.29) is 29.0 Å². The SMILES string of the molecule is CC(C)C[C@H](NC(=O)[C@@H](N)[C@@H](C)O)B1O[C@@H]2C[C@H]3C[C@H](C3(C)C)[C@]2(C)O1. The predicted octanol–water partition coefficient (Wildman–Crippen LogP) is 1.49. The average Bonchev–Trinajstić information content (AvgIpc) is 2.89. The maximum absolute atomic E-state index is 12.4. The van der Waals surface area contributed by atoms with Crippen LogP contribution in [-0.4, -0.2) is 47.9 Å². The summed E-state index contributed by atoms with van der Waals surface area (Å²) in [5.41, 5.74) is 5.79. The van der Waals surface area contributed by atoms with Gasteiger partial charge in [-0.3, -0.25) is 4.79 Å². The van der Waals surface area contributed by atoms with Crippen LogP contribution in [0, 0.1) is 23.2 Å². The Kier molecular flexibility index (Phi) is 5.23. The van der Waals surface area contributed by atoms with Crippen LogP contribution in [0.4, 0.5) is 0 Å². The maximum Gasteiger partial charge on any atom is 0.481 e. The van der Waals surface area contributed by atoms with Crippen molar-refractivity contribution in [1.82, 2.24) is 5.32 Å². The molecule has 1 heterocycles. The molecule has 26 heavy (non-hydrogen) atoms. The standard InChI is InChI=1S/C19H35BN2O4/c1-10(2)7-15(22-17(24)16(21)11(3)23)20-25-14-9-12-8-13(18(12,4)5)19(14,6)26-20/h10-16,23H,7-9,21H2,1-6H3,(H,22,24)/t11-,12-,13-,14-,15+,16+,19+/m1/s1. The number of amides is 1. The van der Waals surface area contributed by atoms with E-state index in [0.717, 1.165) is 12.8 Å². The van der Waals surface area contributed by atoms with Gasteiger partial charge >= 0.3 is 7.12 Å². The molecule has 1 aliphatic heterocycles. The molecular formula is C19H35BN2O4. The smallest absolute Gasteiger partial charge is 0.404 e. The van der Waals surface area contributed by atoms with E-state index < -0.39 is 19.3 Å². The van der Waals surface area contributed by atoms with Gasteiger partial charge in [-0.05, 0) is 56.3 Å². The third-order valence-electron chi connectivity index (χ3n) is 7.17. The Morgan fingerprint density at radius 1 is 1.31 bits per heavy atom. The first-order valence-corrected chi connectivity index (χ1v) is 10.0. The van der Waals surface area contributed by atoms with Crippen molar-refractivity contribution in [2.24, 2.45) is 28.9 Å². The van der Waals surface area contributed by atoms with Crippen molar-refractivity contribution in [2.75, 3.05) is 0 Å². The minimum atomic E-state index is -0.948. The van der Waals surface area contributed by atoms with Crippen molar-refractivity contribution in [3.63, 3.8) is 0 Å². The van der Waals surface area contributed by atoms with Gasteiger partial charge in [-0.15, -0.1) is 0 Å². The average molecular weight is 366 g/mol. The van der Waals surface area contributed by atoms with E-state index in [1.165, 1.54) is 13.3 Å². The van der Waals surface area contributed by atoms with E-state index in [1.807, 2.05) is 0 Å². The third kappa shape index (κ3) is 3.21. The van der Waals surface area contributed by atoms with Gasteiger partial charge in [0.15, 0.2) is 0 Å². The first kappa shape index (κ1) is 20.1. The van der Waals surface area contributed by atoms with Crippen LogP contribution in [-0.2, 0) is 14.1 Å². The van der Waals surface area contributed by atoms with E-state index in [1.54, 1.807) is 0 Å². The van der Waals surface area contributed by atoms with Crippen LogP contribution in [0.15, 0.2) is 0 Å². The Balaban J connectivity index is 1.74. The number of hydrogen-bond donors (Lipinski definition) is 3. The summed E-state index contributed by atoms with van der Waals surface area (Å²) in [6.07, 6.45) is 2.15. The van der Waals surface area contributed by atoms with Crippen molar-refractivity contribution in [3.05, 3.63) is 0 Å². The molecule has 4 N–H and O–H groups in total. The highest BCUT2D eigenvalue weighted by Gasteiger charge is 2.68. The second kappa shape index (κ2) is 6.76. The molecule has 1 amide bonds. The van der Waals surface area contributed by atoms with Crippen LogP contribution in [0.25, 0.3) is 0 Å². The van der Waals surface area contributed by atoms with Gasteiger partial charge in [0.2, 0.25) is 5.91 Å². The summed E-state index contributed by atoms with van der Waals surface area (Å²) < 4.78 is 12.8. The largest absolute Gasteiger partial charge is 0.481 e. The van der Waals surface area contributed by atoms with Crippen LogP contribution >= 0.6 is 0 Å². The van der Waals surface area contributed by atoms with Crippen LogP contribution < -0.4 is 11.1 Å². The molecule has 1 saturated heterocycles. The molecule has 4 fully saturated rings. The molecule has 0 unspecified atom stereocenters. The third-order valence-corrected chi connectivity index (χ3v) is 7.17. The highest BCUT2D eigenvalue weighted by molar-refractivity contribution is 6.47. The quantitative estimate of drug-likeness (QED) is 0.620. The molecule has 6 nitrogen and oxygen atoms in total. The lowest BCUT2D eigenvalue weighted by molar-refractivity contribution is -0.199. The monoisotopic (exact) mass is 366 g/mol. The highest BCUT2D eigenvalue weighted by Crippen LogP contribution is 2.65. The molecular weight excluding hydrogens is 331 g/mol. The van der Waals surface area contributed by atoms with Crippen LogP contribution in [0.1, 0.15) is 60.8 Å². The Morgan fingerprint density at radius 2 is 1.96 bits per heavy atom. The molecule has 3 aliphatic carbocycles. The van der Waals surface area contributed by atoms with Gasteiger partial charge in [0.25, 0.3) is 0 Å². The minimum Gasteiger partial charge on any atom is -0.404 e. The van der Waals surface area contributed by atoms with E-state index in [9.17, 15) is 9.90 Å². The van der Waals surface area contributed by atoms with E-state index in [2.05, 4.69) is 39.9 Å². The lowest BCUT2D eigenvalue weighted by Gasteiger charge is -2.64. The summed E-state index contributed by atoms with van der Waals surface area (Å²) in [5, 5.41) is 12.6. The molecule has 7 heteroatoms. The lowest BCUT2D eigenvalue weighted by Crippen LogP contribution is -2.65. The predicted molar refractivity (Wildman–Crippen MR) is 101 cm³/mol. The van der Waals surface area contributed by atoms with Gasteiger partial charge in [-0.25, -0.2) is 0 Å². The number of nitrogens with two attached hydrogens (primary N) is 1. The molecule has 148 valence electrons. The van der Waals surface area contributed by atoms with Crippen molar-refractivity contribution in [3.8, 4) is 0 Å². The zero-order chi connectivity index (χ0) is 19.4. The van der Waals surface area contributed by atoms with Gasteiger partial charge in [0.05, 0.1) is 23.8 Å². The lowest BCUT2D eigenvalue weighted by atomic mass is 9.43. The zero-order valence-corrected chi connectivity index (χ0v) is 17.0. The summed E-state index contributed by atoms with van der Waals surface area (Å²) in [5.74, 6) is 0.918. The molecule has 0 radical (unpaired) electrons. The number of carbonyl (C=O) groups is 1.